The maximum Gasteiger partial charge on any atom is 0.252 e. The largest absolute Gasteiger partial charge is 0.497 e. The van der Waals surface area contributed by atoms with Gasteiger partial charge >= 0.3 is 0 Å². The van der Waals surface area contributed by atoms with Crippen LogP contribution in [0.1, 0.15) is 59.6 Å². The molecule has 0 aromatic heterocycles. The van der Waals surface area contributed by atoms with Crippen molar-refractivity contribution in [2.75, 3.05) is 14.2 Å². The highest BCUT2D eigenvalue weighted by Gasteiger charge is 2.40. The summed E-state index contributed by atoms with van der Waals surface area (Å²) in [4.78, 5) is 25.4. The van der Waals surface area contributed by atoms with E-state index in [1.165, 1.54) is 0 Å². The van der Waals surface area contributed by atoms with E-state index in [-0.39, 0.29) is 24.3 Å². The normalized spacial score (nSPS) is 19.4. The molecule has 152 valence electrons. The molecule has 2 amide bonds. The first-order chi connectivity index (χ1) is 14.1. The lowest BCUT2D eigenvalue weighted by molar-refractivity contribution is -0.123. The molecule has 1 aliphatic heterocycles. The van der Waals surface area contributed by atoms with E-state index >= 15 is 0 Å². The van der Waals surface area contributed by atoms with Crippen molar-refractivity contribution >= 4 is 11.8 Å². The van der Waals surface area contributed by atoms with Crippen LogP contribution < -0.4 is 20.1 Å². The van der Waals surface area contributed by atoms with E-state index in [0.29, 0.717) is 11.3 Å². The summed E-state index contributed by atoms with van der Waals surface area (Å²) >= 11 is 0. The predicted molar refractivity (Wildman–Crippen MR) is 109 cm³/mol. The second-order valence-electron chi connectivity index (χ2n) is 7.72. The lowest BCUT2D eigenvalue weighted by Crippen LogP contribution is -2.45. The summed E-state index contributed by atoms with van der Waals surface area (Å²) in [6, 6.07) is 12.9. The van der Waals surface area contributed by atoms with Crippen LogP contribution in [0, 0.1) is 0 Å². The molecular weight excluding hydrogens is 368 g/mol. The Hall–Kier alpha value is -3.02. The fourth-order valence-corrected chi connectivity index (χ4v) is 4.62. The quantitative estimate of drug-likeness (QED) is 0.787. The minimum atomic E-state index is -0.422. The summed E-state index contributed by atoms with van der Waals surface area (Å²) in [5.41, 5.74) is 2.01. The number of methoxy groups -OCH3 is 2. The first kappa shape index (κ1) is 19.3. The van der Waals surface area contributed by atoms with Crippen LogP contribution in [0.2, 0.25) is 0 Å². The van der Waals surface area contributed by atoms with Crippen molar-refractivity contribution in [3.05, 3.63) is 59.2 Å². The van der Waals surface area contributed by atoms with Gasteiger partial charge in [0.25, 0.3) is 5.91 Å². The second kappa shape index (κ2) is 7.78. The van der Waals surface area contributed by atoms with Gasteiger partial charge in [0.05, 0.1) is 32.2 Å². The van der Waals surface area contributed by atoms with Crippen molar-refractivity contribution in [2.24, 2.45) is 0 Å². The monoisotopic (exact) mass is 394 g/mol. The van der Waals surface area contributed by atoms with Crippen molar-refractivity contribution in [3.8, 4) is 11.5 Å². The Bertz CT molecular complexity index is 934. The Kier molecular flexibility index (Phi) is 5.18. The van der Waals surface area contributed by atoms with Crippen molar-refractivity contribution in [1.82, 2.24) is 10.6 Å². The molecule has 1 aliphatic carbocycles. The average molecular weight is 394 g/mol. The number of hydrogen-bond acceptors (Lipinski definition) is 4. The number of carbonyl (C=O) groups excluding carboxylic acids is 2. The van der Waals surface area contributed by atoms with E-state index in [4.69, 9.17) is 9.47 Å². The fourth-order valence-electron chi connectivity index (χ4n) is 4.62. The van der Waals surface area contributed by atoms with E-state index in [9.17, 15) is 9.59 Å². The predicted octanol–water partition coefficient (Wildman–Crippen LogP) is 3.46. The Morgan fingerprint density at radius 2 is 1.90 bits per heavy atom. The third-order valence-electron chi connectivity index (χ3n) is 6.03. The smallest absolute Gasteiger partial charge is 0.252 e. The number of rotatable bonds is 6. The zero-order chi connectivity index (χ0) is 20.4. The average Bonchev–Trinajstić information content (AvgIpc) is 3.33. The first-order valence-electron chi connectivity index (χ1n) is 9.99. The Balaban J connectivity index is 1.54. The van der Waals surface area contributed by atoms with Gasteiger partial charge in [-0.25, -0.2) is 0 Å². The molecule has 1 heterocycles. The summed E-state index contributed by atoms with van der Waals surface area (Å²) in [6.45, 7) is 0. The van der Waals surface area contributed by atoms with E-state index in [0.717, 1.165) is 42.6 Å². The molecule has 0 bridgehead atoms. The molecule has 0 spiro atoms. The highest BCUT2D eigenvalue weighted by atomic mass is 16.5. The van der Waals surface area contributed by atoms with Crippen LogP contribution in [0.3, 0.4) is 0 Å². The van der Waals surface area contributed by atoms with Crippen LogP contribution in [-0.4, -0.2) is 26.0 Å². The molecule has 0 saturated heterocycles. The molecule has 6 heteroatoms. The molecule has 1 unspecified atom stereocenters. The van der Waals surface area contributed by atoms with E-state index < -0.39 is 5.54 Å². The molecule has 6 nitrogen and oxygen atoms in total. The number of ether oxygens (including phenoxy) is 2. The molecule has 1 saturated carbocycles. The summed E-state index contributed by atoms with van der Waals surface area (Å²) in [6.07, 6.45) is 4.07. The zero-order valence-corrected chi connectivity index (χ0v) is 16.8. The number of hydrogen-bond donors (Lipinski definition) is 2. The van der Waals surface area contributed by atoms with Gasteiger partial charge in [0, 0.05) is 11.1 Å². The highest BCUT2D eigenvalue weighted by Crippen LogP contribution is 2.43. The van der Waals surface area contributed by atoms with Gasteiger partial charge in [-0.2, -0.15) is 0 Å². The third-order valence-corrected chi connectivity index (χ3v) is 6.03. The van der Waals surface area contributed by atoms with Gasteiger partial charge in [-0.05, 0) is 36.6 Å². The van der Waals surface area contributed by atoms with Crippen molar-refractivity contribution in [3.63, 3.8) is 0 Å². The number of carbonyl (C=O) groups is 2. The number of benzene rings is 2. The van der Waals surface area contributed by atoms with Crippen LogP contribution in [0.15, 0.2) is 42.5 Å². The first-order valence-corrected chi connectivity index (χ1v) is 9.99. The van der Waals surface area contributed by atoms with Gasteiger partial charge in [-0.1, -0.05) is 37.1 Å². The SMILES string of the molecule is COc1ccc2c(c1)C(=O)NC2CC(=O)NC1(c2ccccc2OC)CCCC1. The van der Waals surface area contributed by atoms with Crippen molar-refractivity contribution in [1.29, 1.82) is 0 Å². The van der Waals surface area contributed by atoms with Crippen molar-refractivity contribution in [2.45, 2.75) is 43.7 Å². The summed E-state index contributed by atoms with van der Waals surface area (Å²) in [7, 11) is 3.22. The van der Waals surface area contributed by atoms with Crippen LogP contribution in [0.5, 0.6) is 11.5 Å². The molecule has 2 aromatic carbocycles. The molecule has 4 rings (SSSR count). The molecule has 2 aliphatic rings. The van der Waals surface area contributed by atoms with Crippen LogP contribution >= 0.6 is 0 Å². The molecule has 2 aromatic rings. The number of fused-ring (bicyclic) bond motifs is 1. The minimum Gasteiger partial charge on any atom is -0.497 e. The van der Waals surface area contributed by atoms with E-state index in [1.54, 1.807) is 20.3 Å². The number of amides is 2. The Labute approximate surface area is 170 Å². The lowest BCUT2D eigenvalue weighted by Gasteiger charge is -2.32. The van der Waals surface area contributed by atoms with Crippen LogP contribution in [0.4, 0.5) is 0 Å². The van der Waals surface area contributed by atoms with Crippen molar-refractivity contribution < 1.29 is 19.1 Å². The molecule has 2 N–H and O–H groups in total. The van der Waals surface area contributed by atoms with Crippen LogP contribution in [0.25, 0.3) is 0 Å². The van der Waals surface area contributed by atoms with Gasteiger partial charge in [-0.15, -0.1) is 0 Å². The van der Waals surface area contributed by atoms with Gasteiger partial charge < -0.3 is 20.1 Å². The van der Waals surface area contributed by atoms with Gasteiger partial charge in [-0.3, -0.25) is 9.59 Å². The maximum atomic E-state index is 13.0. The van der Waals surface area contributed by atoms with Gasteiger partial charge in [0.2, 0.25) is 5.91 Å². The Morgan fingerprint density at radius 1 is 1.14 bits per heavy atom. The van der Waals surface area contributed by atoms with E-state index in [1.807, 2.05) is 36.4 Å². The molecule has 0 radical (unpaired) electrons. The second-order valence-corrected chi connectivity index (χ2v) is 7.72. The highest BCUT2D eigenvalue weighted by molar-refractivity contribution is 6.00. The fraction of sp³-hybridized carbons (Fsp3) is 0.391. The molecule has 1 fully saturated rings. The summed E-state index contributed by atoms with van der Waals surface area (Å²) in [5.74, 6) is 1.18. The number of para-hydroxylation sites is 1. The summed E-state index contributed by atoms with van der Waals surface area (Å²) < 4.78 is 10.8. The summed E-state index contributed by atoms with van der Waals surface area (Å²) in [5, 5.41) is 6.20. The molecule has 29 heavy (non-hydrogen) atoms. The molecular formula is C23H26N2O4. The minimum absolute atomic E-state index is 0.0771. The van der Waals surface area contributed by atoms with Gasteiger partial charge in [0.1, 0.15) is 11.5 Å². The van der Waals surface area contributed by atoms with E-state index in [2.05, 4.69) is 10.6 Å². The number of nitrogens with one attached hydrogen (secondary N) is 2. The maximum absolute atomic E-state index is 13.0. The molecule has 1 atom stereocenters. The zero-order valence-electron chi connectivity index (χ0n) is 16.8. The third kappa shape index (κ3) is 3.55. The topological polar surface area (TPSA) is 76.7 Å². The Morgan fingerprint density at radius 3 is 2.62 bits per heavy atom. The lowest BCUT2D eigenvalue weighted by atomic mass is 9.87. The van der Waals surface area contributed by atoms with Crippen LogP contribution in [-0.2, 0) is 10.3 Å². The standard InChI is InChI=1S/C23H26N2O4/c1-28-15-9-10-16-17(13-15)22(27)24-19(16)14-21(26)25-23(11-5-6-12-23)18-7-3-4-8-20(18)29-2/h3-4,7-10,13,19H,5-6,11-12,14H2,1-2H3,(H,24,27)(H,25,26). The van der Waals surface area contributed by atoms with Gasteiger partial charge in [0.15, 0.2) is 0 Å².